The van der Waals surface area contributed by atoms with Crippen LogP contribution < -0.4 is 0 Å². The molecule has 27 heavy (non-hydrogen) atoms. The Morgan fingerprint density at radius 2 is 1.96 bits per heavy atom. The lowest BCUT2D eigenvalue weighted by Crippen LogP contribution is -2.42. The maximum Gasteiger partial charge on any atom is 0.228 e. The summed E-state index contributed by atoms with van der Waals surface area (Å²) in [6.45, 7) is 4.56. The molecule has 1 fully saturated rings. The standard InChI is InChI=1S/C20H29N3O3S/c1-3-27(24,25)20-21-13-19(23(20)14-17-9-5-4-6-10-17)15-22-12-8-7-11-18(22)16-26-2/h4-6,9-10,13,18H,3,7-8,11-12,14-16H2,1-2H3. The molecule has 0 radical (unpaired) electrons. The molecule has 1 aromatic heterocycles. The molecule has 1 aromatic carbocycles. The molecule has 148 valence electrons. The van der Waals surface area contributed by atoms with Crippen LogP contribution in [0.15, 0.2) is 41.7 Å². The van der Waals surface area contributed by atoms with E-state index in [2.05, 4.69) is 9.88 Å². The zero-order chi connectivity index (χ0) is 19.3. The monoisotopic (exact) mass is 391 g/mol. The molecule has 1 saturated heterocycles. The number of ether oxygens (including phenoxy) is 1. The number of nitrogens with zero attached hydrogens (tertiary/aromatic N) is 3. The van der Waals surface area contributed by atoms with E-state index >= 15 is 0 Å². The van der Waals surface area contributed by atoms with Gasteiger partial charge in [-0.2, -0.15) is 0 Å². The Morgan fingerprint density at radius 3 is 2.67 bits per heavy atom. The van der Waals surface area contributed by atoms with Gasteiger partial charge < -0.3 is 9.30 Å². The van der Waals surface area contributed by atoms with Crippen LogP contribution in [0.3, 0.4) is 0 Å². The predicted octanol–water partition coefficient (Wildman–Crippen LogP) is 2.73. The highest BCUT2D eigenvalue weighted by Gasteiger charge is 2.26. The minimum absolute atomic E-state index is 0.0499. The summed E-state index contributed by atoms with van der Waals surface area (Å²) in [6, 6.07) is 10.3. The lowest BCUT2D eigenvalue weighted by molar-refractivity contribution is 0.0585. The second-order valence-corrected chi connectivity index (χ2v) is 9.25. The number of hydrogen-bond donors (Lipinski definition) is 0. The molecule has 2 heterocycles. The molecular weight excluding hydrogens is 362 g/mol. The molecule has 1 atom stereocenters. The van der Waals surface area contributed by atoms with Gasteiger partial charge in [-0.1, -0.05) is 43.7 Å². The molecule has 0 saturated carbocycles. The van der Waals surface area contributed by atoms with E-state index in [1.165, 1.54) is 6.42 Å². The summed E-state index contributed by atoms with van der Waals surface area (Å²) in [5.74, 6) is 0.0499. The third-order valence-electron chi connectivity index (χ3n) is 5.22. The first-order valence-corrected chi connectivity index (χ1v) is 11.2. The maximum atomic E-state index is 12.6. The molecule has 6 nitrogen and oxygen atoms in total. The zero-order valence-electron chi connectivity index (χ0n) is 16.2. The van der Waals surface area contributed by atoms with Crippen molar-refractivity contribution in [3.8, 4) is 0 Å². The minimum atomic E-state index is -3.38. The molecule has 3 rings (SSSR count). The van der Waals surface area contributed by atoms with Crippen LogP contribution in [-0.2, 0) is 27.7 Å². The van der Waals surface area contributed by atoms with Crippen molar-refractivity contribution in [2.24, 2.45) is 0 Å². The highest BCUT2D eigenvalue weighted by molar-refractivity contribution is 7.91. The number of rotatable bonds is 8. The van der Waals surface area contributed by atoms with E-state index in [-0.39, 0.29) is 10.9 Å². The molecule has 0 aliphatic carbocycles. The second kappa shape index (κ2) is 8.99. The number of aromatic nitrogens is 2. The summed E-state index contributed by atoms with van der Waals surface area (Å²) in [7, 11) is -1.65. The summed E-state index contributed by atoms with van der Waals surface area (Å²) in [6.07, 6.45) is 5.21. The fourth-order valence-corrected chi connectivity index (χ4v) is 4.68. The van der Waals surface area contributed by atoms with E-state index < -0.39 is 9.84 Å². The quantitative estimate of drug-likeness (QED) is 0.692. The van der Waals surface area contributed by atoms with Gasteiger partial charge in [0.1, 0.15) is 0 Å². The third-order valence-corrected chi connectivity index (χ3v) is 6.86. The molecule has 0 N–H and O–H groups in total. The Kier molecular flexibility index (Phi) is 6.68. The normalized spacial score (nSPS) is 18.7. The van der Waals surface area contributed by atoms with Crippen LogP contribution in [0.2, 0.25) is 0 Å². The van der Waals surface area contributed by atoms with Crippen molar-refractivity contribution in [2.75, 3.05) is 26.0 Å². The zero-order valence-corrected chi connectivity index (χ0v) is 17.0. The number of piperidine rings is 1. The average molecular weight is 392 g/mol. The molecule has 1 aliphatic heterocycles. The molecule has 1 aliphatic rings. The summed E-state index contributed by atoms with van der Waals surface area (Å²) >= 11 is 0. The second-order valence-electron chi connectivity index (χ2n) is 7.08. The van der Waals surface area contributed by atoms with E-state index in [1.807, 2.05) is 34.9 Å². The van der Waals surface area contributed by atoms with Crippen LogP contribution in [0, 0.1) is 0 Å². The van der Waals surface area contributed by atoms with E-state index in [0.29, 0.717) is 25.7 Å². The molecule has 0 bridgehead atoms. The van der Waals surface area contributed by atoms with Gasteiger partial charge in [-0.05, 0) is 24.9 Å². The SMILES string of the molecule is CCS(=O)(=O)c1ncc(CN2CCCCC2COC)n1Cc1ccccc1. The van der Waals surface area contributed by atoms with Gasteiger partial charge in [0, 0.05) is 19.7 Å². The highest BCUT2D eigenvalue weighted by atomic mass is 32.2. The van der Waals surface area contributed by atoms with Crippen LogP contribution in [0.1, 0.15) is 37.4 Å². The van der Waals surface area contributed by atoms with E-state index in [4.69, 9.17) is 4.74 Å². The molecule has 2 aromatic rings. The molecule has 1 unspecified atom stereocenters. The van der Waals surface area contributed by atoms with Crippen molar-refractivity contribution < 1.29 is 13.2 Å². The molecular formula is C20H29N3O3S. The van der Waals surface area contributed by atoms with Crippen molar-refractivity contribution in [1.82, 2.24) is 14.5 Å². The molecule has 7 heteroatoms. The van der Waals surface area contributed by atoms with Crippen LogP contribution in [-0.4, -0.2) is 54.9 Å². The topological polar surface area (TPSA) is 64.4 Å². The van der Waals surface area contributed by atoms with Gasteiger partial charge >= 0.3 is 0 Å². The number of likely N-dealkylation sites (tertiary alicyclic amines) is 1. The average Bonchev–Trinajstić information content (AvgIpc) is 3.07. The summed E-state index contributed by atoms with van der Waals surface area (Å²) in [5.41, 5.74) is 2.00. The van der Waals surface area contributed by atoms with Gasteiger partial charge in [0.15, 0.2) is 0 Å². The number of sulfone groups is 1. The van der Waals surface area contributed by atoms with Gasteiger partial charge in [-0.3, -0.25) is 4.90 Å². The van der Waals surface area contributed by atoms with E-state index in [0.717, 1.165) is 30.6 Å². The van der Waals surface area contributed by atoms with Gasteiger partial charge in [-0.25, -0.2) is 13.4 Å². The van der Waals surface area contributed by atoms with Gasteiger partial charge in [0.05, 0.1) is 30.8 Å². The van der Waals surface area contributed by atoms with Crippen LogP contribution in [0.4, 0.5) is 0 Å². The predicted molar refractivity (Wildman–Crippen MR) is 105 cm³/mol. The fourth-order valence-electron chi connectivity index (χ4n) is 3.69. The van der Waals surface area contributed by atoms with Gasteiger partial charge in [0.2, 0.25) is 15.0 Å². The minimum Gasteiger partial charge on any atom is -0.383 e. The number of imidazole rings is 1. The van der Waals surface area contributed by atoms with Gasteiger partial charge in [0.25, 0.3) is 0 Å². The maximum absolute atomic E-state index is 12.6. The Hall–Kier alpha value is -1.70. The van der Waals surface area contributed by atoms with E-state index in [1.54, 1.807) is 20.2 Å². The summed E-state index contributed by atoms with van der Waals surface area (Å²) < 4.78 is 32.4. The van der Waals surface area contributed by atoms with Crippen molar-refractivity contribution in [3.63, 3.8) is 0 Å². The van der Waals surface area contributed by atoms with Crippen molar-refractivity contribution >= 4 is 9.84 Å². The Morgan fingerprint density at radius 1 is 1.19 bits per heavy atom. The fraction of sp³-hybridized carbons (Fsp3) is 0.550. The lowest BCUT2D eigenvalue weighted by atomic mass is 10.0. The highest BCUT2D eigenvalue weighted by Crippen LogP contribution is 2.22. The first-order valence-electron chi connectivity index (χ1n) is 9.59. The molecule has 0 amide bonds. The number of hydrogen-bond acceptors (Lipinski definition) is 5. The Balaban J connectivity index is 1.92. The summed E-state index contributed by atoms with van der Waals surface area (Å²) in [4.78, 5) is 6.71. The third kappa shape index (κ3) is 4.78. The Bertz CT molecular complexity index is 831. The van der Waals surface area contributed by atoms with Crippen LogP contribution >= 0.6 is 0 Å². The van der Waals surface area contributed by atoms with Crippen molar-refractivity contribution in [3.05, 3.63) is 47.8 Å². The number of benzene rings is 1. The first-order chi connectivity index (χ1) is 13.0. The van der Waals surface area contributed by atoms with Crippen LogP contribution in [0.5, 0.6) is 0 Å². The summed E-state index contributed by atoms with van der Waals surface area (Å²) in [5, 5.41) is 0.171. The van der Waals surface area contributed by atoms with E-state index in [9.17, 15) is 8.42 Å². The van der Waals surface area contributed by atoms with Crippen molar-refractivity contribution in [2.45, 2.75) is 50.5 Å². The number of methoxy groups -OCH3 is 1. The van der Waals surface area contributed by atoms with Gasteiger partial charge in [-0.15, -0.1) is 0 Å². The lowest BCUT2D eigenvalue weighted by Gasteiger charge is -2.35. The first kappa shape index (κ1) is 20.0. The molecule has 0 spiro atoms. The Labute approximate surface area is 162 Å². The smallest absolute Gasteiger partial charge is 0.228 e. The van der Waals surface area contributed by atoms with Crippen LogP contribution in [0.25, 0.3) is 0 Å². The largest absolute Gasteiger partial charge is 0.383 e. The van der Waals surface area contributed by atoms with Crippen molar-refractivity contribution in [1.29, 1.82) is 0 Å².